The Morgan fingerprint density at radius 1 is 1.11 bits per heavy atom. The molecule has 4 aromatic rings. The Balaban J connectivity index is 1.63. The number of hydrogen-bond donors (Lipinski definition) is 1. The standard InChI is InChI=1S/C22H22BClN4/c1-15(11-12-16-7-3-2-4-8-16)26-21-13-20(17-9-5-6-10-19(17)24)27-22-18(23)14-25-28(21)22/h2-10,13-15,26H,11-12,23H2,1H3. The molecule has 0 fully saturated rings. The van der Waals surface area contributed by atoms with Crippen LogP contribution in [-0.4, -0.2) is 28.5 Å². The van der Waals surface area contributed by atoms with Crippen LogP contribution in [0, 0.1) is 0 Å². The Labute approximate surface area is 171 Å². The predicted molar refractivity (Wildman–Crippen MR) is 119 cm³/mol. The van der Waals surface area contributed by atoms with Crippen LogP contribution >= 0.6 is 11.6 Å². The number of rotatable bonds is 6. The summed E-state index contributed by atoms with van der Waals surface area (Å²) in [5.74, 6) is 0.925. The van der Waals surface area contributed by atoms with E-state index in [0.717, 1.165) is 41.0 Å². The van der Waals surface area contributed by atoms with Gasteiger partial charge in [0.15, 0.2) is 5.65 Å². The summed E-state index contributed by atoms with van der Waals surface area (Å²) >= 11 is 6.42. The van der Waals surface area contributed by atoms with E-state index in [1.165, 1.54) is 5.56 Å². The molecule has 0 radical (unpaired) electrons. The number of nitrogens with one attached hydrogen (secondary N) is 1. The summed E-state index contributed by atoms with van der Waals surface area (Å²) in [6, 6.07) is 20.7. The summed E-state index contributed by atoms with van der Waals surface area (Å²) in [5, 5.41) is 8.81. The highest BCUT2D eigenvalue weighted by molar-refractivity contribution is 6.36. The van der Waals surface area contributed by atoms with Gasteiger partial charge in [-0.3, -0.25) is 0 Å². The second kappa shape index (κ2) is 8.07. The molecule has 140 valence electrons. The maximum atomic E-state index is 6.42. The molecule has 2 heterocycles. The Morgan fingerprint density at radius 3 is 2.64 bits per heavy atom. The Morgan fingerprint density at radius 2 is 1.86 bits per heavy atom. The minimum absolute atomic E-state index is 0.286. The van der Waals surface area contributed by atoms with Crippen molar-refractivity contribution < 1.29 is 0 Å². The van der Waals surface area contributed by atoms with Crippen LogP contribution in [0.3, 0.4) is 0 Å². The fourth-order valence-electron chi connectivity index (χ4n) is 3.33. The zero-order chi connectivity index (χ0) is 19.5. The molecule has 1 atom stereocenters. The Hall–Kier alpha value is -2.79. The molecular formula is C22H22BClN4. The van der Waals surface area contributed by atoms with E-state index in [1.54, 1.807) is 0 Å². The molecule has 1 unspecified atom stereocenters. The van der Waals surface area contributed by atoms with Gasteiger partial charge in [-0.25, -0.2) is 4.98 Å². The van der Waals surface area contributed by atoms with Crippen molar-refractivity contribution in [2.45, 2.75) is 25.8 Å². The summed E-state index contributed by atoms with van der Waals surface area (Å²) in [7, 11) is 2.02. The number of halogens is 1. The van der Waals surface area contributed by atoms with Gasteiger partial charge in [0.25, 0.3) is 0 Å². The zero-order valence-electron chi connectivity index (χ0n) is 16.1. The van der Waals surface area contributed by atoms with E-state index in [9.17, 15) is 0 Å². The number of benzene rings is 2. The van der Waals surface area contributed by atoms with Gasteiger partial charge in [0, 0.05) is 28.9 Å². The smallest absolute Gasteiger partial charge is 0.151 e. The number of aromatic nitrogens is 3. The number of anilines is 1. The molecule has 2 aromatic carbocycles. The van der Waals surface area contributed by atoms with Crippen molar-refractivity contribution >= 4 is 36.4 Å². The van der Waals surface area contributed by atoms with E-state index < -0.39 is 0 Å². The molecular weight excluding hydrogens is 367 g/mol. The molecule has 2 aromatic heterocycles. The molecule has 28 heavy (non-hydrogen) atoms. The maximum Gasteiger partial charge on any atom is 0.151 e. The minimum atomic E-state index is 0.286. The third kappa shape index (κ3) is 3.90. The number of nitrogens with zero attached hydrogens (tertiary/aromatic N) is 3. The monoisotopic (exact) mass is 388 g/mol. The van der Waals surface area contributed by atoms with Gasteiger partial charge in [-0.05, 0) is 36.9 Å². The van der Waals surface area contributed by atoms with E-state index in [-0.39, 0.29) is 6.04 Å². The van der Waals surface area contributed by atoms with Crippen molar-refractivity contribution in [3.05, 3.63) is 77.4 Å². The highest BCUT2D eigenvalue weighted by Gasteiger charge is 2.14. The fourth-order valence-corrected chi connectivity index (χ4v) is 3.57. The average molecular weight is 389 g/mol. The fraction of sp³-hybridized carbons (Fsp3) is 0.182. The van der Waals surface area contributed by atoms with E-state index >= 15 is 0 Å². The van der Waals surface area contributed by atoms with Gasteiger partial charge < -0.3 is 5.32 Å². The first-order valence-electron chi connectivity index (χ1n) is 9.52. The molecule has 6 heteroatoms. The summed E-state index contributed by atoms with van der Waals surface area (Å²) < 4.78 is 1.87. The van der Waals surface area contributed by atoms with Crippen LogP contribution in [0.1, 0.15) is 18.9 Å². The molecule has 4 rings (SSSR count). The third-order valence-electron chi connectivity index (χ3n) is 4.90. The van der Waals surface area contributed by atoms with Crippen LogP contribution in [0.25, 0.3) is 16.9 Å². The molecule has 0 spiro atoms. The van der Waals surface area contributed by atoms with E-state index in [4.69, 9.17) is 16.6 Å². The Bertz CT molecular complexity index is 1090. The molecule has 0 bridgehead atoms. The largest absolute Gasteiger partial charge is 0.367 e. The van der Waals surface area contributed by atoms with Crippen LogP contribution in [0.2, 0.25) is 5.02 Å². The van der Waals surface area contributed by atoms with Crippen LogP contribution in [0.5, 0.6) is 0 Å². The van der Waals surface area contributed by atoms with Gasteiger partial charge in [0.05, 0.1) is 5.69 Å². The normalized spacial score (nSPS) is 12.2. The van der Waals surface area contributed by atoms with Gasteiger partial charge in [-0.2, -0.15) is 9.61 Å². The SMILES string of the molecule is Bc1cnn2c(NC(C)CCc3ccccc3)cc(-c3ccccc3Cl)nc12. The quantitative estimate of drug-likeness (QED) is 0.512. The van der Waals surface area contributed by atoms with Gasteiger partial charge in [0.2, 0.25) is 0 Å². The van der Waals surface area contributed by atoms with Crippen LogP contribution in [0.4, 0.5) is 5.82 Å². The van der Waals surface area contributed by atoms with Gasteiger partial charge >= 0.3 is 0 Å². The van der Waals surface area contributed by atoms with Crippen molar-refractivity contribution in [1.29, 1.82) is 0 Å². The summed E-state index contributed by atoms with van der Waals surface area (Å²) in [6.45, 7) is 2.20. The molecule has 0 aliphatic carbocycles. The molecule has 0 saturated heterocycles. The van der Waals surface area contributed by atoms with Gasteiger partial charge in [-0.1, -0.05) is 60.1 Å². The van der Waals surface area contributed by atoms with Crippen molar-refractivity contribution in [2.24, 2.45) is 0 Å². The lowest BCUT2D eigenvalue weighted by Gasteiger charge is -2.17. The van der Waals surface area contributed by atoms with Crippen molar-refractivity contribution in [1.82, 2.24) is 14.6 Å². The maximum absolute atomic E-state index is 6.42. The van der Waals surface area contributed by atoms with Crippen LogP contribution in [0.15, 0.2) is 66.9 Å². The van der Waals surface area contributed by atoms with Crippen molar-refractivity contribution in [3.63, 3.8) is 0 Å². The lowest BCUT2D eigenvalue weighted by molar-refractivity contribution is 0.697. The van der Waals surface area contributed by atoms with Gasteiger partial charge in [0.1, 0.15) is 13.7 Å². The number of fused-ring (bicyclic) bond motifs is 1. The molecule has 0 aliphatic heterocycles. The molecule has 1 N–H and O–H groups in total. The summed E-state index contributed by atoms with van der Waals surface area (Å²) in [4.78, 5) is 4.80. The second-order valence-corrected chi connectivity index (χ2v) is 7.55. The van der Waals surface area contributed by atoms with Crippen molar-refractivity contribution in [2.75, 3.05) is 5.32 Å². The molecule has 0 aliphatic rings. The minimum Gasteiger partial charge on any atom is -0.367 e. The Kier molecular flexibility index (Phi) is 5.35. The predicted octanol–water partition coefficient (Wildman–Crippen LogP) is 3.74. The third-order valence-corrected chi connectivity index (χ3v) is 5.23. The first-order chi connectivity index (χ1) is 13.6. The summed E-state index contributed by atoms with van der Waals surface area (Å²) in [6.07, 6.45) is 3.90. The van der Waals surface area contributed by atoms with Crippen LogP contribution < -0.4 is 10.8 Å². The lowest BCUT2D eigenvalue weighted by Crippen LogP contribution is -2.19. The zero-order valence-corrected chi connectivity index (χ0v) is 16.8. The number of aryl methyl sites for hydroxylation is 1. The summed E-state index contributed by atoms with van der Waals surface area (Å²) in [5.41, 5.74) is 5.00. The van der Waals surface area contributed by atoms with Crippen molar-refractivity contribution in [3.8, 4) is 11.3 Å². The van der Waals surface area contributed by atoms with Gasteiger partial charge in [-0.15, -0.1) is 0 Å². The molecule has 4 nitrogen and oxygen atoms in total. The average Bonchev–Trinajstić information content (AvgIpc) is 3.09. The van der Waals surface area contributed by atoms with E-state index in [0.29, 0.717) is 5.02 Å². The van der Waals surface area contributed by atoms with Crippen LogP contribution in [-0.2, 0) is 6.42 Å². The molecule has 0 amide bonds. The topological polar surface area (TPSA) is 42.2 Å². The first kappa shape index (κ1) is 18.6. The lowest BCUT2D eigenvalue weighted by atomic mass is 10.0. The first-order valence-corrected chi connectivity index (χ1v) is 9.90. The number of hydrogen-bond acceptors (Lipinski definition) is 3. The van der Waals surface area contributed by atoms with E-state index in [2.05, 4.69) is 47.7 Å². The highest BCUT2D eigenvalue weighted by atomic mass is 35.5. The van der Waals surface area contributed by atoms with E-state index in [1.807, 2.05) is 48.9 Å². The second-order valence-electron chi connectivity index (χ2n) is 7.14. The highest BCUT2D eigenvalue weighted by Crippen LogP contribution is 2.28. The molecule has 0 saturated carbocycles.